The average molecular weight is 291 g/mol. The average Bonchev–Trinajstić information content (AvgIpc) is 2.34. The highest BCUT2D eigenvalue weighted by atomic mass is 35.5. The molecule has 0 fully saturated rings. The molecular formula is C13H13ClF2O3. The predicted octanol–water partition coefficient (Wildman–Crippen LogP) is 3.56. The van der Waals surface area contributed by atoms with Crippen LogP contribution in [0.1, 0.15) is 17.5 Å². The lowest BCUT2D eigenvalue weighted by molar-refractivity contribution is -0.131. The van der Waals surface area contributed by atoms with Crippen molar-refractivity contribution in [3.63, 3.8) is 0 Å². The van der Waals surface area contributed by atoms with E-state index in [4.69, 9.17) is 16.7 Å². The van der Waals surface area contributed by atoms with Crippen molar-refractivity contribution >= 4 is 23.6 Å². The van der Waals surface area contributed by atoms with E-state index >= 15 is 0 Å². The van der Waals surface area contributed by atoms with Crippen LogP contribution in [0.4, 0.5) is 8.78 Å². The van der Waals surface area contributed by atoms with Crippen molar-refractivity contribution in [3.8, 4) is 5.75 Å². The predicted molar refractivity (Wildman–Crippen MR) is 68.8 cm³/mol. The van der Waals surface area contributed by atoms with E-state index in [1.54, 1.807) is 6.07 Å². The summed E-state index contributed by atoms with van der Waals surface area (Å²) < 4.78 is 29.0. The minimum atomic E-state index is -2.92. The molecule has 0 amide bonds. The van der Waals surface area contributed by atoms with Crippen molar-refractivity contribution in [2.24, 2.45) is 0 Å². The summed E-state index contributed by atoms with van der Waals surface area (Å²) in [5.41, 5.74) is 1.06. The molecule has 0 atom stereocenters. The molecule has 0 radical (unpaired) electrons. The third-order valence-electron chi connectivity index (χ3n) is 2.35. The first-order valence-electron chi connectivity index (χ1n) is 5.58. The first-order valence-corrected chi connectivity index (χ1v) is 6.11. The number of hydrogen-bond acceptors (Lipinski definition) is 2. The lowest BCUT2D eigenvalue weighted by Crippen LogP contribution is -2.06. The highest BCUT2D eigenvalue weighted by Crippen LogP contribution is 2.26. The molecule has 1 N–H and O–H groups in total. The zero-order chi connectivity index (χ0) is 14.3. The van der Waals surface area contributed by atoms with Gasteiger partial charge < -0.3 is 9.84 Å². The summed E-state index contributed by atoms with van der Waals surface area (Å²) >= 11 is 5.59. The number of aliphatic carboxylic acids is 1. The van der Waals surface area contributed by atoms with Gasteiger partial charge in [0.15, 0.2) is 0 Å². The molecule has 1 aromatic rings. The molecular weight excluding hydrogens is 278 g/mol. The second kappa shape index (κ2) is 7.74. The monoisotopic (exact) mass is 290 g/mol. The van der Waals surface area contributed by atoms with Crippen LogP contribution in [0.3, 0.4) is 0 Å². The highest BCUT2D eigenvalue weighted by Gasteiger charge is 2.12. The molecule has 0 bridgehead atoms. The minimum absolute atomic E-state index is 0.0488. The van der Waals surface area contributed by atoms with Gasteiger partial charge in [-0.05, 0) is 30.5 Å². The zero-order valence-corrected chi connectivity index (χ0v) is 10.7. The molecule has 6 heteroatoms. The van der Waals surface area contributed by atoms with Crippen molar-refractivity contribution in [2.75, 3.05) is 5.88 Å². The van der Waals surface area contributed by atoms with Crippen LogP contribution in [-0.2, 0) is 11.2 Å². The summed E-state index contributed by atoms with van der Waals surface area (Å²) in [7, 11) is 0. The Morgan fingerprint density at radius 3 is 2.79 bits per heavy atom. The first-order chi connectivity index (χ1) is 9.04. The van der Waals surface area contributed by atoms with Crippen LogP contribution < -0.4 is 4.74 Å². The van der Waals surface area contributed by atoms with E-state index in [9.17, 15) is 13.6 Å². The van der Waals surface area contributed by atoms with Gasteiger partial charge in [-0.1, -0.05) is 12.1 Å². The van der Waals surface area contributed by atoms with E-state index in [0.29, 0.717) is 29.8 Å². The van der Waals surface area contributed by atoms with Crippen LogP contribution in [0, 0.1) is 0 Å². The molecule has 0 unspecified atom stereocenters. The molecule has 0 aromatic heterocycles. The van der Waals surface area contributed by atoms with Gasteiger partial charge in [0, 0.05) is 17.5 Å². The quantitative estimate of drug-likeness (QED) is 0.617. The van der Waals surface area contributed by atoms with Gasteiger partial charge in [0.05, 0.1) is 0 Å². The SMILES string of the molecule is O=C(O)/C=C/c1cccc(OC(F)F)c1CCCCl. The van der Waals surface area contributed by atoms with Crippen LogP contribution in [0.2, 0.25) is 0 Å². The molecule has 19 heavy (non-hydrogen) atoms. The summed E-state index contributed by atoms with van der Waals surface area (Å²) in [6.45, 7) is -2.92. The summed E-state index contributed by atoms with van der Waals surface area (Å²) in [6.07, 6.45) is 3.32. The van der Waals surface area contributed by atoms with Crippen molar-refractivity contribution in [1.29, 1.82) is 0 Å². The van der Waals surface area contributed by atoms with E-state index in [1.807, 2.05) is 0 Å². The van der Waals surface area contributed by atoms with Gasteiger partial charge in [0.1, 0.15) is 5.75 Å². The van der Waals surface area contributed by atoms with Crippen molar-refractivity contribution in [2.45, 2.75) is 19.5 Å². The summed E-state index contributed by atoms with van der Waals surface area (Å²) in [4.78, 5) is 10.5. The molecule has 104 valence electrons. The fourth-order valence-corrected chi connectivity index (χ4v) is 1.75. The number of benzene rings is 1. The zero-order valence-electron chi connectivity index (χ0n) is 9.98. The number of ether oxygens (including phenoxy) is 1. The lowest BCUT2D eigenvalue weighted by atomic mass is 10.0. The van der Waals surface area contributed by atoms with Crippen molar-refractivity contribution in [3.05, 3.63) is 35.4 Å². The number of alkyl halides is 3. The number of carboxylic acid groups (broad SMARTS) is 1. The number of carboxylic acids is 1. The molecule has 3 nitrogen and oxygen atoms in total. The molecule has 1 aromatic carbocycles. The van der Waals surface area contributed by atoms with Gasteiger partial charge in [-0.15, -0.1) is 11.6 Å². The highest BCUT2D eigenvalue weighted by molar-refractivity contribution is 6.17. The summed E-state index contributed by atoms with van der Waals surface area (Å²) in [5, 5.41) is 8.60. The Kier molecular flexibility index (Phi) is 6.29. The Labute approximate surface area is 114 Å². The van der Waals surface area contributed by atoms with Gasteiger partial charge in [-0.25, -0.2) is 4.79 Å². The van der Waals surface area contributed by atoms with Crippen molar-refractivity contribution < 1.29 is 23.4 Å². The fraction of sp³-hybridized carbons (Fsp3) is 0.308. The molecule has 0 aliphatic heterocycles. The third-order valence-corrected chi connectivity index (χ3v) is 2.62. The van der Waals surface area contributed by atoms with Crippen LogP contribution >= 0.6 is 11.6 Å². The number of carbonyl (C=O) groups is 1. The first kappa shape index (κ1) is 15.4. The number of hydrogen-bond donors (Lipinski definition) is 1. The maximum Gasteiger partial charge on any atom is 0.387 e. The molecule has 1 rings (SSSR count). The summed E-state index contributed by atoms with van der Waals surface area (Å²) in [6, 6.07) is 4.60. The molecule has 0 saturated carbocycles. The maximum atomic E-state index is 12.3. The molecule has 0 heterocycles. The minimum Gasteiger partial charge on any atom is -0.478 e. The van der Waals surface area contributed by atoms with E-state index in [1.165, 1.54) is 18.2 Å². The standard InChI is InChI=1S/C13H13ClF2O3/c14-8-2-4-10-9(6-7-12(17)18)3-1-5-11(10)19-13(15)16/h1,3,5-7,13H,2,4,8H2,(H,17,18)/b7-6+. The van der Waals surface area contributed by atoms with E-state index in [2.05, 4.69) is 4.74 Å². The Morgan fingerprint density at radius 1 is 1.47 bits per heavy atom. The number of halogens is 3. The van der Waals surface area contributed by atoms with Gasteiger partial charge in [-0.3, -0.25) is 0 Å². The third kappa shape index (κ3) is 5.26. The van der Waals surface area contributed by atoms with Gasteiger partial charge >= 0.3 is 12.6 Å². The summed E-state index contributed by atoms with van der Waals surface area (Å²) in [5.74, 6) is -0.679. The lowest BCUT2D eigenvalue weighted by Gasteiger charge is -2.13. The molecule has 0 spiro atoms. The van der Waals surface area contributed by atoms with E-state index in [0.717, 1.165) is 6.08 Å². The number of rotatable bonds is 7. The molecule has 0 saturated heterocycles. The van der Waals surface area contributed by atoms with Gasteiger partial charge in [0.25, 0.3) is 0 Å². The van der Waals surface area contributed by atoms with E-state index < -0.39 is 12.6 Å². The Balaban J connectivity index is 3.09. The Bertz CT molecular complexity index is 461. The Morgan fingerprint density at radius 2 is 2.21 bits per heavy atom. The van der Waals surface area contributed by atoms with Crippen LogP contribution in [0.15, 0.2) is 24.3 Å². The Hall–Kier alpha value is -1.62. The van der Waals surface area contributed by atoms with Crippen LogP contribution in [0.5, 0.6) is 5.75 Å². The van der Waals surface area contributed by atoms with Crippen molar-refractivity contribution in [1.82, 2.24) is 0 Å². The molecule has 0 aliphatic carbocycles. The second-order valence-electron chi connectivity index (χ2n) is 3.67. The van der Waals surface area contributed by atoms with Gasteiger partial charge in [0.2, 0.25) is 0 Å². The smallest absolute Gasteiger partial charge is 0.387 e. The molecule has 0 aliphatic rings. The van der Waals surface area contributed by atoms with Crippen LogP contribution in [0.25, 0.3) is 6.08 Å². The normalized spacial score (nSPS) is 11.2. The van der Waals surface area contributed by atoms with E-state index in [-0.39, 0.29) is 5.75 Å². The fourth-order valence-electron chi connectivity index (χ4n) is 1.62. The maximum absolute atomic E-state index is 12.3. The topological polar surface area (TPSA) is 46.5 Å². The second-order valence-corrected chi connectivity index (χ2v) is 4.04. The van der Waals surface area contributed by atoms with Crippen LogP contribution in [-0.4, -0.2) is 23.6 Å². The largest absolute Gasteiger partial charge is 0.478 e. The van der Waals surface area contributed by atoms with Gasteiger partial charge in [-0.2, -0.15) is 8.78 Å².